The van der Waals surface area contributed by atoms with Gasteiger partial charge in [0.2, 0.25) is 0 Å². The highest BCUT2D eigenvalue weighted by Gasteiger charge is 2.22. The van der Waals surface area contributed by atoms with Gasteiger partial charge in [-0.05, 0) is 116 Å². The van der Waals surface area contributed by atoms with Crippen molar-refractivity contribution in [1.29, 1.82) is 0 Å². The molecule has 0 bridgehead atoms. The van der Waals surface area contributed by atoms with Gasteiger partial charge in [-0.1, -0.05) is 302 Å². The van der Waals surface area contributed by atoms with E-state index in [1.54, 1.807) is 0 Å². The lowest BCUT2D eigenvalue weighted by atomic mass is 10.0. The largest absolute Gasteiger partial charge is 0.545 e. The number of hydrogen-bond donors (Lipinski definition) is 0. The van der Waals surface area contributed by atoms with Crippen LogP contribution in [0.1, 0.15) is 296 Å². The third-order valence-corrected chi connectivity index (χ3v) is 15.4. The summed E-state index contributed by atoms with van der Waals surface area (Å²) in [5.41, 5.74) is 0. The summed E-state index contributed by atoms with van der Waals surface area (Å²) in [6.07, 6.45) is 96.8. The van der Waals surface area contributed by atoms with Crippen LogP contribution in [0.3, 0.4) is 0 Å². The number of nitrogens with zero attached hydrogens (tertiary/aromatic N) is 1. The number of carboxylic acids is 1. The molecule has 9 heteroatoms. The molecule has 0 N–H and O–H groups in total. The number of carbonyl (C=O) groups excluding carboxylic acids is 3. The van der Waals surface area contributed by atoms with Gasteiger partial charge in [0.25, 0.3) is 0 Å². The summed E-state index contributed by atoms with van der Waals surface area (Å²) in [7, 11) is 5.92. The fourth-order valence-electron chi connectivity index (χ4n) is 9.86. The summed E-state index contributed by atoms with van der Waals surface area (Å²) >= 11 is 0. The Labute approximate surface area is 548 Å². The molecule has 0 aliphatic rings. The van der Waals surface area contributed by atoms with Crippen molar-refractivity contribution in [2.45, 2.75) is 309 Å². The van der Waals surface area contributed by atoms with Crippen molar-refractivity contribution in [3.63, 3.8) is 0 Å². The molecule has 0 fully saturated rings. The molecule has 0 aliphatic carbocycles. The second kappa shape index (κ2) is 69.3. The van der Waals surface area contributed by atoms with Gasteiger partial charge in [-0.15, -0.1) is 0 Å². The highest BCUT2D eigenvalue weighted by Crippen LogP contribution is 2.17. The van der Waals surface area contributed by atoms with Gasteiger partial charge in [0.05, 0.1) is 40.3 Å². The molecule has 0 aromatic heterocycles. The van der Waals surface area contributed by atoms with E-state index in [-0.39, 0.29) is 38.6 Å². The molecule has 2 atom stereocenters. The van der Waals surface area contributed by atoms with Crippen molar-refractivity contribution >= 4 is 17.9 Å². The Kier molecular flexibility index (Phi) is 65.8. The van der Waals surface area contributed by atoms with E-state index >= 15 is 0 Å². The number of aliphatic carboxylic acids is 1. The maximum atomic E-state index is 12.9. The van der Waals surface area contributed by atoms with Gasteiger partial charge >= 0.3 is 11.9 Å². The number of rotatable bonds is 66. The lowest BCUT2D eigenvalue weighted by molar-refractivity contribution is -0.870. The van der Waals surface area contributed by atoms with Crippen LogP contribution in [0.4, 0.5) is 0 Å². The molecule has 0 radical (unpaired) electrons. The monoisotopic (exact) mass is 1240 g/mol. The van der Waals surface area contributed by atoms with Crippen LogP contribution in [0.5, 0.6) is 0 Å². The highest BCUT2D eigenvalue weighted by atomic mass is 16.7. The number of quaternary nitrogens is 1. The van der Waals surface area contributed by atoms with Gasteiger partial charge < -0.3 is 33.3 Å². The summed E-state index contributed by atoms with van der Waals surface area (Å²) in [6.45, 7) is 4.62. The Hall–Kier alpha value is -4.57. The fraction of sp³-hybridized carbons (Fsp3) is 0.688. The third-order valence-electron chi connectivity index (χ3n) is 15.4. The summed E-state index contributed by atoms with van der Waals surface area (Å²) in [6, 6.07) is 0. The first-order chi connectivity index (χ1) is 43.6. The first-order valence-corrected chi connectivity index (χ1v) is 36.3. The Bertz CT molecular complexity index is 1930. The highest BCUT2D eigenvalue weighted by molar-refractivity contribution is 5.70. The lowest BCUT2D eigenvalue weighted by Crippen LogP contribution is -2.44. The Balaban J connectivity index is 4.20. The predicted molar refractivity (Wildman–Crippen MR) is 379 cm³/mol. The van der Waals surface area contributed by atoms with Crippen molar-refractivity contribution in [3.8, 4) is 0 Å². The number of allylic oxidation sites excluding steroid dienone is 22. The minimum absolute atomic E-state index is 0.136. The number of carboxylic acid groups (broad SMARTS) is 1. The molecule has 0 saturated carbocycles. The summed E-state index contributed by atoms with van der Waals surface area (Å²) in [5.74, 6) is -2.32. The van der Waals surface area contributed by atoms with E-state index in [0.29, 0.717) is 17.4 Å². The molecule has 0 spiro atoms. The maximum Gasteiger partial charge on any atom is 0.306 e. The van der Waals surface area contributed by atoms with E-state index in [1.165, 1.54) is 154 Å². The average molecular weight is 1240 g/mol. The van der Waals surface area contributed by atoms with Crippen LogP contribution < -0.4 is 5.11 Å². The normalized spacial score (nSPS) is 13.5. The smallest absolute Gasteiger partial charge is 0.306 e. The van der Waals surface area contributed by atoms with Gasteiger partial charge in [0.1, 0.15) is 13.2 Å². The van der Waals surface area contributed by atoms with E-state index in [2.05, 4.69) is 148 Å². The van der Waals surface area contributed by atoms with E-state index in [0.717, 1.165) is 109 Å². The molecule has 0 aromatic carbocycles. The average Bonchev–Trinajstić information content (AvgIpc) is 3.64. The second-order valence-electron chi connectivity index (χ2n) is 25.1. The molecule has 0 aliphatic heterocycles. The summed E-state index contributed by atoms with van der Waals surface area (Å²) in [4.78, 5) is 37.5. The van der Waals surface area contributed by atoms with Crippen LogP contribution >= 0.6 is 0 Å². The van der Waals surface area contributed by atoms with E-state index in [1.807, 2.05) is 21.1 Å². The Morgan fingerprint density at radius 3 is 0.966 bits per heavy atom. The number of hydrogen-bond acceptors (Lipinski definition) is 8. The van der Waals surface area contributed by atoms with Gasteiger partial charge in [0, 0.05) is 12.8 Å². The molecule has 89 heavy (non-hydrogen) atoms. The van der Waals surface area contributed by atoms with Crippen molar-refractivity contribution in [2.75, 3.05) is 47.5 Å². The molecule has 9 nitrogen and oxygen atoms in total. The molecule has 0 heterocycles. The Morgan fingerprint density at radius 1 is 0.348 bits per heavy atom. The Morgan fingerprint density at radius 2 is 0.640 bits per heavy atom. The van der Waals surface area contributed by atoms with Gasteiger partial charge in [-0.3, -0.25) is 9.59 Å². The number of likely N-dealkylation sites (N-methyl/N-ethyl adjacent to an activating group) is 1. The van der Waals surface area contributed by atoms with Gasteiger partial charge in [-0.2, -0.15) is 0 Å². The van der Waals surface area contributed by atoms with Crippen LogP contribution in [0.15, 0.2) is 134 Å². The number of ether oxygens (including phenoxy) is 4. The molecule has 2 unspecified atom stereocenters. The SMILES string of the molecule is CC/C=C\C/C=C\C/C=C\C/C=C\C/C=C\C/C=C\C/C=C\C/C=C\C/C=C\C/C=C\CCCCCCC(=O)OC(COC(=O)CCCCCCCCCCCCCCCCCCC/C=C\CCCCCCCCCC)COC(OCC[N+](C)(C)C)C(=O)[O-]. The van der Waals surface area contributed by atoms with E-state index in [4.69, 9.17) is 18.9 Å². The standard InChI is InChI=1S/C80H135NO8/c1-6-8-10-12-14-16-18-20-22-24-26-28-30-32-34-36-37-38-39-40-41-43-45-47-49-51-53-55-57-59-61-63-65-67-69-71-78(83)89-76(75-88-80(79(84)85)86-73-72-81(3,4)5)74-87-77(82)70-68-66-64-62-60-58-56-54-52-50-48-46-44-42-35-33-31-29-27-25-23-21-19-17-15-13-11-9-7-2/h8,10,14,16,20,22,25-28,32,34,37-38,40-41,45,47,51,53,57,59,76,80H,6-7,9,11-13,15,17-19,21,23-24,29-31,33,35-36,39,42-44,46,48-50,52,54-56,58,60-75H2,1-5H3/b10-8-,16-14-,22-20-,27-25-,28-26-,34-32-,38-37-,41-40-,47-45-,53-51-,59-57-. The quantitative estimate of drug-likeness (QED) is 0.0195. The molecular weight excluding hydrogens is 1100 g/mol. The zero-order chi connectivity index (χ0) is 64.7. The van der Waals surface area contributed by atoms with Crippen LogP contribution in [0.2, 0.25) is 0 Å². The minimum Gasteiger partial charge on any atom is -0.545 e. The first-order valence-electron chi connectivity index (χ1n) is 36.3. The fourth-order valence-corrected chi connectivity index (χ4v) is 9.86. The molecular formula is C80H135NO8. The maximum absolute atomic E-state index is 12.9. The molecule has 0 amide bonds. The number of carbonyl (C=O) groups is 3. The zero-order valence-electron chi connectivity index (χ0n) is 58.0. The van der Waals surface area contributed by atoms with E-state index < -0.39 is 24.3 Å². The third kappa shape index (κ3) is 70.7. The van der Waals surface area contributed by atoms with Crippen molar-refractivity contribution < 1.29 is 42.9 Å². The van der Waals surface area contributed by atoms with Gasteiger partial charge in [0.15, 0.2) is 12.4 Å². The van der Waals surface area contributed by atoms with Crippen LogP contribution in [0, 0.1) is 0 Å². The van der Waals surface area contributed by atoms with Crippen molar-refractivity contribution in [1.82, 2.24) is 0 Å². The zero-order valence-corrected chi connectivity index (χ0v) is 58.0. The van der Waals surface area contributed by atoms with E-state index in [9.17, 15) is 19.5 Å². The van der Waals surface area contributed by atoms with Crippen LogP contribution in [-0.4, -0.2) is 82.3 Å². The first kappa shape index (κ1) is 84.4. The molecule has 0 aromatic rings. The van der Waals surface area contributed by atoms with Crippen LogP contribution in [0.25, 0.3) is 0 Å². The molecule has 0 rings (SSSR count). The van der Waals surface area contributed by atoms with Crippen molar-refractivity contribution in [2.24, 2.45) is 0 Å². The number of esters is 2. The second-order valence-corrected chi connectivity index (χ2v) is 25.1. The van der Waals surface area contributed by atoms with Crippen LogP contribution in [-0.2, 0) is 33.3 Å². The number of unbranched alkanes of at least 4 members (excludes halogenated alkanes) is 29. The molecule has 0 saturated heterocycles. The van der Waals surface area contributed by atoms with Crippen molar-refractivity contribution in [3.05, 3.63) is 134 Å². The summed E-state index contributed by atoms with van der Waals surface area (Å²) in [5, 5.41) is 11.8. The predicted octanol–water partition coefficient (Wildman–Crippen LogP) is 21.6. The van der Waals surface area contributed by atoms with Gasteiger partial charge in [-0.25, -0.2) is 0 Å². The topological polar surface area (TPSA) is 111 Å². The lowest BCUT2D eigenvalue weighted by Gasteiger charge is -2.26. The summed E-state index contributed by atoms with van der Waals surface area (Å²) < 4.78 is 22.8. The minimum atomic E-state index is -1.64. The molecule has 508 valence electrons.